The summed E-state index contributed by atoms with van der Waals surface area (Å²) in [7, 11) is 0. The number of benzene rings is 1. The second-order valence-electron chi connectivity index (χ2n) is 6.50. The Labute approximate surface area is 138 Å². The molecule has 4 heteroatoms. The van der Waals surface area contributed by atoms with Gasteiger partial charge in [0, 0.05) is 25.4 Å². The monoisotopic (exact) mass is 313 g/mol. The maximum Gasteiger partial charge on any atom is 0.220 e. The van der Waals surface area contributed by atoms with Gasteiger partial charge in [0.1, 0.15) is 0 Å². The number of carbonyl (C=O) groups excluding carboxylic acids is 1. The molecule has 0 bridgehead atoms. The minimum absolute atomic E-state index is 0.0419. The Morgan fingerprint density at radius 2 is 1.96 bits per heavy atom. The highest BCUT2D eigenvalue weighted by molar-refractivity contribution is 5.76. The smallest absolute Gasteiger partial charge is 0.220 e. The molecule has 0 aliphatic heterocycles. The van der Waals surface area contributed by atoms with Crippen molar-refractivity contribution in [3.05, 3.63) is 53.9 Å². The van der Waals surface area contributed by atoms with E-state index in [9.17, 15) is 4.79 Å². The lowest BCUT2D eigenvalue weighted by Crippen LogP contribution is -2.26. The van der Waals surface area contributed by atoms with Crippen LogP contribution in [0.4, 0.5) is 0 Å². The molecule has 0 spiro atoms. The molecule has 0 aliphatic rings. The second-order valence-corrected chi connectivity index (χ2v) is 6.50. The van der Waals surface area contributed by atoms with Crippen LogP contribution in [0.15, 0.2) is 42.7 Å². The highest BCUT2D eigenvalue weighted by Gasteiger charge is 2.09. The third kappa shape index (κ3) is 5.89. The van der Waals surface area contributed by atoms with Crippen molar-refractivity contribution in [2.24, 2.45) is 5.92 Å². The molecule has 0 fully saturated rings. The van der Waals surface area contributed by atoms with Gasteiger partial charge >= 0.3 is 0 Å². The molecule has 0 radical (unpaired) electrons. The van der Waals surface area contributed by atoms with E-state index in [1.54, 1.807) is 6.20 Å². The van der Waals surface area contributed by atoms with Gasteiger partial charge in [0.05, 0.1) is 6.04 Å². The largest absolute Gasteiger partial charge is 0.350 e. The number of aryl methyl sites for hydroxylation is 1. The predicted octanol–water partition coefficient (Wildman–Crippen LogP) is 3.74. The maximum atomic E-state index is 12.0. The average Bonchev–Trinajstić information content (AvgIpc) is 3.00. The summed E-state index contributed by atoms with van der Waals surface area (Å²) >= 11 is 0. The molecule has 1 N–H and O–H groups in total. The van der Waals surface area contributed by atoms with Gasteiger partial charge in [-0.25, -0.2) is 0 Å². The van der Waals surface area contributed by atoms with Crippen LogP contribution in [0.1, 0.15) is 50.8 Å². The van der Waals surface area contributed by atoms with E-state index in [2.05, 4.69) is 48.5 Å². The first-order valence-electron chi connectivity index (χ1n) is 8.40. The van der Waals surface area contributed by atoms with Crippen molar-refractivity contribution >= 4 is 5.91 Å². The minimum Gasteiger partial charge on any atom is -0.350 e. The summed E-state index contributed by atoms with van der Waals surface area (Å²) in [5.74, 6) is 0.753. The van der Waals surface area contributed by atoms with Crippen LogP contribution in [-0.4, -0.2) is 15.7 Å². The van der Waals surface area contributed by atoms with Crippen molar-refractivity contribution < 1.29 is 4.79 Å². The van der Waals surface area contributed by atoms with E-state index in [-0.39, 0.29) is 11.9 Å². The molecule has 1 amide bonds. The topological polar surface area (TPSA) is 46.9 Å². The van der Waals surface area contributed by atoms with Gasteiger partial charge in [-0.05, 0) is 42.9 Å². The highest BCUT2D eigenvalue weighted by Crippen LogP contribution is 2.15. The summed E-state index contributed by atoms with van der Waals surface area (Å²) in [5, 5.41) is 7.20. The van der Waals surface area contributed by atoms with Crippen LogP contribution >= 0.6 is 0 Å². The fraction of sp³-hybridized carbons (Fsp3) is 0.474. The highest BCUT2D eigenvalue weighted by atomic mass is 16.1. The van der Waals surface area contributed by atoms with E-state index < -0.39 is 0 Å². The third-order valence-electron chi connectivity index (χ3n) is 3.85. The summed E-state index contributed by atoms with van der Waals surface area (Å²) < 4.78 is 1.85. The van der Waals surface area contributed by atoms with Crippen molar-refractivity contribution in [2.45, 2.75) is 52.6 Å². The molecule has 2 rings (SSSR count). The molecule has 0 saturated carbocycles. The van der Waals surface area contributed by atoms with Crippen LogP contribution in [0, 0.1) is 5.92 Å². The number of hydrogen-bond donors (Lipinski definition) is 1. The van der Waals surface area contributed by atoms with Crippen molar-refractivity contribution in [2.75, 3.05) is 0 Å². The van der Waals surface area contributed by atoms with Gasteiger partial charge < -0.3 is 5.32 Å². The Morgan fingerprint density at radius 3 is 2.57 bits per heavy atom. The Morgan fingerprint density at radius 1 is 1.22 bits per heavy atom. The zero-order chi connectivity index (χ0) is 16.7. The van der Waals surface area contributed by atoms with E-state index >= 15 is 0 Å². The molecule has 1 aromatic heterocycles. The lowest BCUT2D eigenvalue weighted by molar-refractivity contribution is -0.121. The number of carbonyl (C=O) groups is 1. The summed E-state index contributed by atoms with van der Waals surface area (Å²) in [5.41, 5.74) is 2.50. The molecule has 23 heavy (non-hydrogen) atoms. The van der Waals surface area contributed by atoms with Crippen molar-refractivity contribution in [3.63, 3.8) is 0 Å². The van der Waals surface area contributed by atoms with Crippen LogP contribution in [-0.2, 0) is 17.8 Å². The van der Waals surface area contributed by atoms with Crippen molar-refractivity contribution in [1.29, 1.82) is 0 Å². The molecule has 4 nitrogen and oxygen atoms in total. The summed E-state index contributed by atoms with van der Waals surface area (Å²) in [4.78, 5) is 12.0. The molecule has 0 aliphatic carbocycles. The normalized spacial score (nSPS) is 12.3. The first-order valence-corrected chi connectivity index (χ1v) is 8.40. The van der Waals surface area contributed by atoms with E-state index in [0.29, 0.717) is 12.3 Å². The van der Waals surface area contributed by atoms with Crippen LogP contribution in [0.25, 0.3) is 0 Å². The van der Waals surface area contributed by atoms with Gasteiger partial charge in [-0.2, -0.15) is 5.10 Å². The number of aromatic nitrogens is 2. The zero-order valence-corrected chi connectivity index (χ0v) is 14.3. The van der Waals surface area contributed by atoms with Gasteiger partial charge in [0.2, 0.25) is 5.91 Å². The van der Waals surface area contributed by atoms with Gasteiger partial charge in [0.15, 0.2) is 0 Å². The molecule has 1 heterocycles. The number of nitrogens with one attached hydrogen (secondary N) is 1. The first-order chi connectivity index (χ1) is 11.0. The van der Waals surface area contributed by atoms with E-state index in [4.69, 9.17) is 0 Å². The lowest BCUT2D eigenvalue weighted by atomic mass is 10.00. The number of amides is 1. The average molecular weight is 313 g/mol. The molecule has 2 aromatic rings. The van der Waals surface area contributed by atoms with Gasteiger partial charge in [-0.1, -0.05) is 38.1 Å². The second kappa shape index (κ2) is 8.51. The minimum atomic E-state index is 0.0419. The summed E-state index contributed by atoms with van der Waals surface area (Å²) in [6, 6.07) is 10.5. The molecule has 0 saturated heterocycles. The van der Waals surface area contributed by atoms with Crippen molar-refractivity contribution in [3.8, 4) is 0 Å². The van der Waals surface area contributed by atoms with Crippen LogP contribution in [0.2, 0.25) is 0 Å². The summed E-state index contributed by atoms with van der Waals surface area (Å²) in [6.07, 6.45) is 6.09. The van der Waals surface area contributed by atoms with Gasteiger partial charge in [0.25, 0.3) is 0 Å². The Hall–Kier alpha value is -2.10. The maximum absolute atomic E-state index is 12.0. The van der Waals surface area contributed by atoms with Gasteiger partial charge in [-0.3, -0.25) is 9.48 Å². The first kappa shape index (κ1) is 17.3. The number of hydrogen-bond acceptors (Lipinski definition) is 2. The molecule has 1 atom stereocenters. The third-order valence-corrected chi connectivity index (χ3v) is 3.85. The SMILES string of the molecule is CC(C)Cc1ccc([C@@H](C)NC(=O)CCCn2cccn2)cc1. The van der Waals surface area contributed by atoms with Crippen molar-refractivity contribution in [1.82, 2.24) is 15.1 Å². The van der Waals surface area contributed by atoms with Gasteiger partial charge in [-0.15, -0.1) is 0 Å². The number of rotatable bonds is 8. The van der Waals surface area contributed by atoms with E-state index in [1.165, 1.54) is 5.56 Å². The Bertz CT molecular complexity index is 588. The standard InChI is InChI=1S/C19H27N3O/c1-15(2)14-17-7-9-18(10-8-17)16(3)21-19(23)6-4-12-22-13-5-11-20-22/h5,7-11,13,15-16H,4,6,12,14H2,1-3H3,(H,21,23)/t16-/m1/s1. The van der Waals surface area contributed by atoms with Crippen LogP contribution in [0.5, 0.6) is 0 Å². The molecule has 124 valence electrons. The van der Waals surface area contributed by atoms with Crippen LogP contribution in [0.3, 0.4) is 0 Å². The Balaban J connectivity index is 1.76. The molecular formula is C19H27N3O. The fourth-order valence-corrected chi connectivity index (χ4v) is 2.65. The molecular weight excluding hydrogens is 286 g/mol. The fourth-order valence-electron chi connectivity index (χ4n) is 2.65. The van der Waals surface area contributed by atoms with E-state index in [1.807, 2.05) is 23.9 Å². The quantitative estimate of drug-likeness (QED) is 0.807. The number of nitrogens with zero attached hydrogens (tertiary/aromatic N) is 2. The summed E-state index contributed by atoms with van der Waals surface area (Å²) in [6.45, 7) is 7.25. The van der Waals surface area contributed by atoms with Crippen LogP contribution < -0.4 is 5.32 Å². The Kier molecular flexibility index (Phi) is 6.39. The lowest BCUT2D eigenvalue weighted by Gasteiger charge is -2.15. The predicted molar refractivity (Wildman–Crippen MR) is 93.0 cm³/mol. The molecule has 0 unspecified atom stereocenters. The van der Waals surface area contributed by atoms with E-state index in [0.717, 1.165) is 24.9 Å². The molecule has 1 aromatic carbocycles. The zero-order valence-electron chi connectivity index (χ0n) is 14.3.